The van der Waals surface area contributed by atoms with E-state index in [1.54, 1.807) is 57.6 Å². The molecular formula is C28H26N12O2S2. The second-order valence-corrected chi connectivity index (χ2v) is 11.7. The molecule has 44 heavy (non-hydrogen) atoms. The SMILES string of the molecule is CC(=O)c1ccc(N/N=c2\sc3nnc(CCc4nnc5s/c(=N/Nc6ccc(C(C)=O)cc6)c(C)nn45)n3nc2C)cc1. The Hall–Kier alpha value is -5.22. The lowest BCUT2D eigenvalue weighted by Crippen LogP contribution is -2.14. The van der Waals surface area contributed by atoms with Crippen molar-refractivity contribution in [2.24, 2.45) is 10.2 Å². The summed E-state index contributed by atoms with van der Waals surface area (Å²) in [6.07, 6.45) is 1.04. The minimum Gasteiger partial charge on any atom is -0.295 e. The molecule has 222 valence electrons. The Bertz CT molecular complexity index is 2000. The highest BCUT2D eigenvalue weighted by molar-refractivity contribution is 7.14. The van der Waals surface area contributed by atoms with Crippen molar-refractivity contribution < 1.29 is 9.59 Å². The number of hydrogen-bond acceptors (Lipinski definition) is 14. The molecule has 0 aliphatic carbocycles. The number of ketones is 2. The summed E-state index contributed by atoms with van der Waals surface area (Å²) < 4.78 is 4.77. The van der Waals surface area contributed by atoms with E-state index in [4.69, 9.17) is 0 Å². The van der Waals surface area contributed by atoms with Gasteiger partial charge in [-0.3, -0.25) is 20.4 Å². The maximum atomic E-state index is 11.5. The molecule has 0 saturated heterocycles. The molecule has 4 aromatic heterocycles. The highest BCUT2D eigenvalue weighted by Gasteiger charge is 2.14. The Balaban J connectivity index is 1.17. The lowest BCUT2D eigenvalue weighted by Gasteiger charge is -2.03. The number of nitrogens with zero attached hydrogens (tertiary/aromatic N) is 10. The standard InChI is InChI=1S/C28H26N12O2S2/c1-15-25(33-29-21-9-5-19(6-10-21)17(3)41)43-27-35-31-23(39(27)37-15)13-14-24-32-36-28-40(24)38-16(2)26(44-28)34-30-22-11-7-20(8-12-22)18(4)42/h5-12,29-30H,13-14H2,1-4H3/b33-25-,34-26+. The van der Waals surface area contributed by atoms with Crippen LogP contribution in [0.1, 0.15) is 57.6 Å². The van der Waals surface area contributed by atoms with Crippen LogP contribution in [-0.2, 0) is 12.8 Å². The highest BCUT2D eigenvalue weighted by Crippen LogP contribution is 2.13. The molecule has 0 amide bonds. The summed E-state index contributed by atoms with van der Waals surface area (Å²) in [6.45, 7) is 6.81. The van der Waals surface area contributed by atoms with Crippen molar-refractivity contribution >= 4 is 55.5 Å². The van der Waals surface area contributed by atoms with Gasteiger partial charge in [-0.2, -0.15) is 29.4 Å². The van der Waals surface area contributed by atoms with Gasteiger partial charge >= 0.3 is 0 Å². The number of nitrogens with one attached hydrogen (secondary N) is 2. The van der Waals surface area contributed by atoms with Crippen LogP contribution in [0.25, 0.3) is 9.92 Å². The van der Waals surface area contributed by atoms with Crippen LogP contribution in [-0.4, -0.2) is 51.2 Å². The van der Waals surface area contributed by atoms with Gasteiger partial charge < -0.3 is 0 Å². The molecule has 0 spiro atoms. The topological polar surface area (TPSA) is 169 Å². The predicted molar refractivity (Wildman–Crippen MR) is 165 cm³/mol. The Morgan fingerprint density at radius 3 is 1.41 bits per heavy atom. The van der Waals surface area contributed by atoms with E-state index in [-0.39, 0.29) is 11.6 Å². The second-order valence-electron chi connectivity index (χ2n) is 9.82. The molecule has 0 radical (unpaired) electrons. The molecule has 0 fully saturated rings. The van der Waals surface area contributed by atoms with Gasteiger partial charge in [0, 0.05) is 24.0 Å². The molecule has 14 nitrogen and oxygen atoms in total. The quantitative estimate of drug-likeness (QED) is 0.179. The summed E-state index contributed by atoms with van der Waals surface area (Å²) in [4.78, 5) is 24.2. The van der Waals surface area contributed by atoms with Crippen LogP contribution in [0.15, 0.2) is 58.7 Å². The lowest BCUT2D eigenvalue weighted by atomic mass is 10.1. The largest absolute Gasteiger partial charge is 0.295 e. The summed E-state index contributed by atoms with van der Waals surface area (Å²) in [6, 6.07) is 14.2. The van der Waals surface area contributed by atoms with Gasteiger partial charge in [-0.1, -0.05) is 22.7 Å². The van der Waals surface area contributed by atoms with Crippen molar-refractivity contribution in [3.8, 4) is 0 Å². The molecule has 4 heterocycles. The molecule has 0 bridgehead atoms. The zero-order valence-corrected chi connectivity index (χ0v) is 25.8. The van der Waals surface area contributed by atoms with Gasteiger partial charge in [-0.15, -0.1) is 20.4 Å². The number of aromatic nitrogens is 8. The molecule has 16 heteroatoms. The van der Waals surface area contributed by atoms with Gasteiger partial charge in [-0.25, -0.2) is 0 Å². The van der Waals surface area contributed by atoms with E-state index < -0.39 is 0 Å². The third-order valence-corrected chi connectivity index (χ3v) is 8.61. The number of Topliss-reactive ketones (excluding diaryl/α,β-unsaturated/α-hetero) is 2. The van der Waals surface area contributed by atoms with Crippen LogP contribution in [0.5, 0.6) is 0 Å². The number of rotatable bonds is 9. The van der Waals surface area contributed by atoms with Crippen LogP contribution in [0, 0.1) is 13.8 Å². The predicted octanol–water partition coefficient (Wildman–Crippen LogP) is 3.35. The van der Waals surface area contributed by atoms with Crippen molar-refractivity contribution in [1.29, 1.82) is 0 Å². The Labute approximate surface area is 257 Å². The summed E-state index contributed by atoms with van der Waals surface area (Å²) in [5.41, 5.74) is 10.2. The van der Waals surface area contributed by atoms with Crippen LogP contribution in [0.2, 0.25) is 0 Å². The minimum absolute atomic E-state index is 0.0114. The highest BCUT2D eigenvalue weighted by atomic mass is 32.1. The third kappa shape index (κ3) is 6.11. The van der Waals surface area contributed by atoms with Crippen molar-refractivity contribution in [2.75, 3.05) is 10.9 Å². The number of aryl methyl sites for hydroxylation is 4. The summed E-state index contributed by atoms with van der Waals surface area (Å²) in [7, 11) is 0. The Morgan fingerprint density at radius 2 is 1.05 bits per heavy atom. The van der Waals surface area contributed by atoms with E-state index in [9.17, 15) is 9.59 Å². The Kier molecular flexibility index (Phi) is 7.99. The number of hydrogen-bond donors (Lipinski definition) is 2. The first-order valence-electron chi connectivity index (χ1n) is 13.5. The van der Waals surface area contributed by atoms with Gasteiger partial charge in [-0.05, 0) is 76.2 Å². The fraction of sp³-hybridized carbons (Fsp3) is 0.214. The first kappa shape index (κ1) is 28.9. The fourth-order valence-electron chi connectivity index (χ4n) is 4.16. The van der Waals surface area contributed by atoms with Crippen molar-refractivity contribution in [3.05, 3.63) is 92.0 Å². The normalized spacial score (nSPS) is 12.3. The first-order valence-corrected chi connectivity index (χ1v) is 15.1. The van der Waals surface area contributed by atoms with E-state index in [2.05, 4.69) is 51.6 Å². The van der Waals surface area contributed by atoms with Crippen molar-refractivity contribution in [2.45, 2.75) is 40.5 Å². The molecule has 0 aliphatic heterocycles. The average molecular weight is 627 g/mol. The van der Waals surface area contributed by atoms with Gasteiger partial charge in [0.2, 0.25) is 9.92 Å². The van der Waals surface area contributed by atoms with E-state index in [0.717, 1.165) is 11.4 Å². The molecule has 2 aromatic carbocycles. The maximum Gasteiger partial charge on any atom is 0.234 e. The molecule has 0 unspecified atom stereocenters. The van der Waals surface area contributed by atoms with Gasteiger partial charge in [0.25, 0.3) is 0 Å². The smallest absolute Gasteiger partial charge is 0.234 e. The number of carbonyl (C=O) groups is 2. The van der Waals surface area contributed by atoms with Crippen LogP contribution < -0.4 is 20.2 Å². The fourth-order valence-corrected chi connectivity index (χ4v) is 5.69. The number of anilines is 2. The lowest BCUT2D eigenvalue weighted by molar-refractivity contribution is 0.100. The summed E-state index contributed by atoms with van der Waals surface area (Å²) in [5.74, 6) is 1.39. The van der Waals surface area contributed by atoms with Crippen LogP contribution in [0.3, 0.4) is 0 Å². The zero-order chi connectivity index (χ0) is 30.8. The number of fused-ring (bicyclic) bond motifs is 2. The van der Waals surface area contributed by atoms with E-state index >= 15 is 0 Å². The number of carbonyl (C=O) groups excluding carboxylic acids is 2. The minimum atomic E-state index is 0.0114. The first-order chi connectivity index (χ1) is 21.2. The molecule has 6 aromatic rings. The maximum absolute atomic E-state index is 11.5. The second kappa shape index (κ2) is 12.2. The molecule has 0 atom stereocenters. The molecular weight excluding hydrogens is 601 g/mol. The van der Waals surface area contributed by atoms with Gasteiger partial charge in [0.15, 0.2) is 32.6 Å². The summed E-state index contributed by atoms with van der Waals surface area (Å²) >= 11 is 2.73. The van der Waals surface area contributed by atoms with E-state index in [1.165, 1.54) is 36.5 Å². The van der Waals surface area contributed by atoms with Gasteiger partial charge in [0.05, 0.1) is 22.8 Å². The number of benzene rings is 2. The summed E-state index contributed by atoms with van der Waals surface area (Å²) in [5, 5.41) is 35.6. The molecule has 0 aliphatic rings. The average Bonchev–Trinajstić information content (AvgIpc) is 3.60. The zero-order valence-electron chi connectivity index (χ0n) is 24.1. The van der Waals surface area contributed by atoms with Crippen molar-refractivity contribution in [1.82, 2.24) is 39.6 Å². The molecule has 6 rings (SSSR count). The van der Waals surface area contributed by atoms with E-state index in [1.807, 2.05) is 13.8 Å². The molecule has 2 N–H and O–H groups in total. The van der Waals surface area contributed by atoms with Crippen LogP contribution >= 0.6 is 22.7 Å². The Morgan fingerprint density at radius 1 is 0.659 bits per heavy atom. The molecule has 0 saturated carbocycles. The van der Waals surface area contributed by atoms with Crippen LogP contribution in [0.4, 0.5) is 11.4 Å². The van der Waals surface area contributed by atoms with E-state index in [0.29, 0.717) is 66.3 Å². The van der Waals surface area contributed by atoms with Crippen molar-refractivity contribution in [3.63, 3.8) is 0 Å². The van der Waals surface area contributed by atoms with Gasteiger partial charge in [0.1, 0.15) is 0 Å². The third-order valence-electron chi connectivity index (χ3n) is 6.58. The monoisotopic (exact) mass is 626 g/mol.